The van der Waals surface area contributed by atoms with Crippen molar-refractivity contribution < 1.29 is 27.5 Å². The number of halogens is 4. The molecule has 0 saturated heterocycles. The smallest absolute Gasteiger partial charge is 0.417 e. The first-order valence-electron chi connectivity index (χ1n) is 7.79. The summed E-state index contributed by atoms with van der Waals surface area (Å²) in [5.74, 6) is -0.361. The van der Waals surface area contributed by atoms with Crippen LogP contribution in [0.2, 0.25) is 5.02 Å². The number of nitrogens with one attached hydrogen (secondary N) is 1. The minimum Gasteiger partial charge on any atom is -0.477 e. The van der Waals surface area contributed by atoms with Crippen LogP contribution >= 0.6 is 11.6 Å². The molecule has 0 aliphatic rings. The standard InChI is InChI=1S/C17H15ClF3N3O3/c1-10(25)24-15-7-11(4-5-22-15)14(26)3-2-6-27-16-13(18)8-12(9-23-16)17(19,20)21/h4-5,7-9H,2-3,6H2,1H3,(H,22,24,25). The Kier molecular flexibility index (Phi) is 6.73. The van der Waals surface area contributed by atoms with Gasteiger partial charge < -0.3 is 10.1 Å². The number of ether oxygens (including phenoxy) is 1. The Bertz CT molecular complexity index is 844. The lowest BCUT2D eigenvalue weighted by Gasteiger charge is -2.10. The van der Waals surface area contributed by atoms with E-state index >= 15 is 0 Å². The monoisotopic (exact) mass is 401 g/mol. The van der Waals surface area contributed by atoms with Gasteiger partial charge >= 0.3 is 6.18 Å². The quantitative estimate of drug-likeness (QED) is 0.556. The molecule has 2 aromatic rings. The molecular formula is C17H15ClF3N3O3. The van der Waals surface area contributed by atoms with Gasteiger partial charge in [0.15, 0.2) is 5.78 Å². The number of amides is 1. The van der Waals surface area contributed by atoms with Crippen LogP contribution in [0.1, 0.15) is 35.7 Å². The normalized spacial score (nSPS) is 11.1. The minimum absolute atomic E-state index is 0.0491. The molecule has 0 aromatic carbocycles. The molecule has 0 atom stereocenters. The molecule has 2 heterocycles. The van der Waals surface area contributed by atoms with Gasteiger partial charge in [-0.1, -0.05) is 11.6 Å². The Morgan fingerprint density at radius 1 is 1.26 bits per heavy atom. The van der Waals surface area contributed by atoms with E-state index in [2.05, 4.69) is 15.3 Å². The summed E-state index contributed by atoms with van der Waals surface area (Å²) >= 11 is 5.74. The van der Waals surface area contributed by atoms with Crippen LogP contribution in [0.25, 0.3) is 0 Å². The van der Waals surface area contributed by atoms with Crippen molar-refractivity contribution in [2.24, 2.45) is 0 Å². The van der Waals surface area contributed by atoms with Gasteiger partial charge in [0, 0.05) is 31.3 Å². The average Bonchev–Trinajstić information content (AvgIpc) is 2.58. The van der Waals surface area contributed by atoms with Crippen LogP contribution in [0.3, 0.4) is 0 Å². The highest BCUT2D eigenvalue weighted by Crippen LogP contribution is 2.33. The number of hydrogen-bond donors (Lipinski definition) is 1. The summed E-state index contributed by atoms with van der Waals surface area (Å²) in [6.07, 6.45) is -2.08. The van der Waals surface area contributed by atoms with Crippen molar-refractivity contribution in [3.63, 3.8) is 0 Å². The molecule has 0 aliphatic heterocycles. The lowest BCUT2D eigenvalue weighted by atomic mass is 10.1. The molecule has 10 heteroatoms. The van der Waals surface area contributed by atoms with Gasteiger partial charge in [0.2, 0.25) is 11.8 Å². The van der Waals surface area contributed by atoms with Crippen LogP contribution in [0.4, 0.5) is 19.0 Å². The number of hydrogen-bond acceptors (Lipinski definition) is 5. The van der Waals surface area contributed by atoms with E-state index in [1.165, 1.54) is 25.3 Å². The van der Waals surface area contributed by atoms with E-state index in [1.807, 2.05) is 0 Å². The van der Waals surface area contributed by atoms with Gasteiger partial charge in [-0.2, -0.15) is 13.2 Å². The lowest BCUT2D eigenvalue weighted by molar-refractivity contribution is -0.137. The van der Waals surface area contributed by atoms with E-state index in [0.29, 0.717) is 18.2 Å². The number of rotatable bonds is 7. The largest absolute Gasteiger partial charge is 0.477 e. The number of carbonyl (C=O) groups excluding carboxylic acids is 2. The summed E-state index contributed by atoms with van der Waals surface area (Å²) in [6.45, 7) is 1.38. The van der Waals surface area contributed by atoms with Crippen molar-refractivity contribution >= 4 is 29.1 Å². The first-order chi connectivity index (χ1) is 12.7. The number of aromatic nitrogens is 2. The van der Waals surface area contributed by atoms with Crippen LogP contribution in [0, 0.1) is 0 Å². The molecule has 1 N–H and O–H groups in total. The predicted octanol–water partition coefficient (Wildman–Crippen LogP) is 4.15. The Morgan fingerprint density at radius 3 is 2.63 bits per heavy atom. The van der Waals surface area contributed by atoms with Gasteiger partial charge in [0.05, 0.1) is 12.2 Å². The Balaban J connectivity index is 1.86. The van der Waals surface area contributed by atoms with E-state index in [9.17, 15) is 22.8 Å². The summed E-state index contributed by atoms with van der Waals surface area (Å²) in [5.41, 5.74) is -0.595. The summed E-state index contributed by atoms with van der Waals surface area (Å²) in [5, 5.41) is 2.22. The lowest BCUT2D eigenvalue weighted by Crippen LogP contribution is -2.10. The predicted molar refractivity (Wildman–Crippen MR) is 91.8 cm³/mol. The average molecular weight is 402 g/mol. The molecule has 27 heavy (non-hydrogen) atoms. The van der Waals surface area contributed by atoms with Gasteiger partial charge in [0.1, 0.15) is 10.8 Å². The van der Waals surface area contributed by atoms with E-state index in [-0.39, 0.29) is 41.4 Å². The van der Waals surface area contributed by atoms with Gasteiger partial charge in [-0.15, -0.1) is 0 Å². The molecule has 6 nitrogen and oxygen atoms in total. The molecule has 144 valence electrons. The first-order valence-corrected chi connectivity index (χ1v) is 8.17. The molecule has 1 amide bonds. The molecule has 0 aliphatic carbocycles. The first kappa shape index (κ1) is 20.6. The summed E-state index contributed by atoms with van der Waals surface area (Å²) in [4.78, 5) is 30.6. The molecule has 0 radical (unpaired) electrons. The molecule has 0 unspecified atom stereocenters. The van der Waals surface area contributed by atoms with E-state index in [4.69, 9.17) is 16.3 Å². The molecular weight excluding hydrogens is 387 g/mol. The van der Waals surface area contributed by atoms with Gasteiger partial charge in [-0.25, -0.2) is 9.97 Å². The SMILES string of the molecule is CC(=O)Nc1cc(C(=O)CCCOc2ncc(C(F)(F)F)cc2Cl)ccn1. The second-order valence-electron chi connectivity index (χ2n) is 5.49. The van der Waals surface area contributed by atoms with Crippen molar-refractivity contribution in [2.75, 3.05) is 11.9 Å². The fourth-order valence-corrected chi connectivity index (χ4v) is 2.31. The summed E-state index contributed by atoms with van der Waals surface area (Å²) in [6, 6.07) is 3.71. The second kappa shape index (κ2) is 8.81. The number of nitrogens with zero attached hydrogens (tertiary/aromatic N) is 2. The minimum atomic E-state index is -4.54. The fraction of sp³-hybridized carbons (Fsp3) is 0.294. The second-order valence-corrected chi connectivity index (χ2v) is 5.90. The molecule has 2 aromatic heterocycles. The zero-order valence-corrected chi connectivity index (χ0v) is 14.9. The highest BCUT2D eigenvalue weighted by Gasteiger charge is 2.31. The van der Waals surface area contributed by atoms with Gasteiger partial charge in [0.25, 0.3) is 0 Å². The van der Waals surface area contributed by atoms with Crippen molar-refractivity contribution in [1.29, 1.82) is 0 Å². The molecule has 0 spiro atoms. The Labute approximate surface area is 157 Å². The zero-order chi connectivity index (χ0) is 20.0. The number of pyridine rings is 2. The zero-order valence-electron chi connectivity index (χ0n) is 14.1. The summed E-state index contributed by atoms with van der Waals surface area (Å²) in [7, 11) is 0. The number of anilines is 1. The van der Waals surface area contributed by atoms with E-state index < -0.39 is 11.7 Å². The maximum atomic E-state index is 12.5. The van der Waals surface area contributed by atoms with Crippen molar-refractivity contribution in [1.82, 2.24) is 9.97 Å². The maximum Gasteiger partial charge on any atom is 0.417 e. The van der Waals surface area contributed by atoms with Crippen molar-refractivity contribution in [3.8, 4) is 5.88 Å². The van der Waals surface area contributed by atoms with Gasteiger partial charge in [-0.3, -0.25) is 9.59 Å². The van der Waals surface area contributed by atoms with Crippen LogP contribution in [0.5, 0.6) is 5.88 Å². The highest BCUT2D eigenvalue weighted by atomic mass is 35.5. The van der Waals surface area contributed by atoms with Crippen LogP contribution in [-0.2, 0) is 11.0 Å². The molecule has 2 rings (SSSR count). The maximum absolute atomic E-state index is 12.5. The number of alkyl halides is 3. The topological polar surface area (TPSA) is 81.2 Å². The fourth-order valence-electron chi connectivity index (χ4n) is 2.09. The molecule has 0 bridgehead atoms. The van der Waals surface area contributed by atoms with Crippen LogP contribution in [-0.4, -0.2) is 28.3 Å². The van der Waals surface area contributed by atoms with Crippen molar-refractivity contribution in [2.45, 2.75) is 25.9 Å². The van der Waals surface area contributed by atoms with Crippen LogP contribution < -0.4 is 10.1 Å². The third kappa shape index (κ3) is 6.21. The Hall–Kier alpha value is -2.68. The third-order valence-corrected chi connectivity index (χ3v) is 3.58. The number of ketones is 1. The van der Waals surface area contributed by atoms with E-state index in [0.717, 1.165) is 6.07 Å². The summed E-state index contributed by atoms with van der Waals surface area (Å²) < 4.78 is 42.9. The van der Waals surface area contributed by atoms with E-state index in [1.54, 1.807) is 0 Å². The Morgan fingerprint density at radius 2 is 2.00 bits per heavy atom. The molecule has 0 saturated carbocycles. The highest BCUT2D eigenvalue weighted by molar-refractivity contribution is 6.31. The third-order valence-electron chi connectivity index (χ3n) is 3.31. The molecule has 0 fully saturated rings. The number of carbonyl (C=O) groups is 2. The number of Topliss-reactive ketones (excluding diaryl/α,β-unsaturated/α-hetero) is 1. The van der Waals surface area contributed by atoms with Crippen LogP contribution in [0.15, 0.2) is 30.6 Å². The van der Waals surface area contributed by atoms with Crippen molar-refractivity contribution in [3.05, 3.63) is 46.7 Å². The van der Waals surface area contributed by atoms with Gasteiger partial charge in [-0.05, 0) is 24.6 Å².